The molecule has 0 aromatic heterocycles. The van der Waals surface area contributed by atoms with Crippen LogP contribution in [0.4, 0.5) is 4.39 Å². The van der Waals surface area contributed by atoms with Crippen LogP contribution in [0, 0.1) is 12.7 Å². The second kappa shape index (κ2) is 3.79. The third kappa shape index (κ3) is 2.11. The van der Waals surface area contributed by atoms with Gasteiger partial charge in [0, 0.05) is 0 Å². The number of benzene rings is 1. The Morgan fingerprint density at radius 2 is 2.14 bits per heavy atom. The van der Waals surface area contributed by atoms with Gasteiger partial charge in [-0.1, -0.05) is 12.6 Å². The first-order valence-electron chi connectivity index (χ1n) is 3.78. The lowest BCUT2D eigenvalue weighted by Crippen LogP contribution is -2.04. The van der Waals surface area contributed by atoms with E-state index in [1.807, 2.05) is 0 Å². The van der Waals surface area contributed by atoms with Gasteiger partial charge >= 0.3 is 10.1 Å². The smallest absolute Gasteiger partial charge is 0.341 e. The summed E-state index contributed by atoms with van der Waals surface area (Å²) in [6.07, 6.45) is 0.745. The molecule has 76 valence electrons. The number of hydrogen-bond acceptors (Lipinski definition) is 3. The average molecular weight is 216 g/mol. The van der Waals surface area contributed by atoms with Crippen molar-refractivity contribution in [3.05, 3.63) is 42.4 Å². The Kier molecular flexibility index (Phi) is 2.90. The molecule has 14 heavy (non-hydrogen) atoms. The van der Waals surface area contributed by atoms with Gasteiger partial charge in [0.1, 0.15) is 10.7 Å². The average Bonchev–Trinajstić information content (AvgIpc) is 2.02. The molecule has 0 atom stereocenters. The summed E-state index contributed by atoms with van der Waals surface area (Å²) < 4.78 is 39.9. The monoisotopic (exact) mass is 216 g/mol. The molecule has 0 bridgehead atoms. The second-order valence-corrected chi connectivity index (χ2v) is 4.19. The summed E-state index contributed by atoms with van der Waals surface area (Å²) in [7, 11) is -4.05. The molecule has 1 aromatic rings. The van der Waals surface area contributed by atoms with Gasteiger partial charge in [-0.2, -0.15) is 8.42 Å². The molecule has 0 fully saturated rings. The molecular formula is C9H9FO3S. The van der Waals surface area contributed by atoms with Crippen molar-refractivity contribution in [2.24, 2.45) is 0 Å². The van der Waals surface area contributed by atoms with E-state index in [-0.39, 0.29) is 0 Å². The molecule has 3 nitrogen and oxygen atoms in total. The molecule has 0 spiro atoms. The van der Waals surface area contributed by atoms with E-state index in [0.717, 1.165) is 18.4 Å². The normalized spacial score (nSPS) is 11.0. The van der Waals surface area contributed by atoms with Crippen LogP contribution in [-0.4, -0.2) is 8.42 Å². The summed E-state index contributed by atoms with van der Waals surface area (Å²) >= 11 is 0. The lowest BCUT2D eigenvalue weighted by molar-refractivity contribution is 0.438. The van der Waals surface area contributed by atoms with Crippen LogP contribution in [0.2, 0.25) is 0 Å². The summed E-state index contributed by atoms with van der Waals surface area (Å²) in [5, 5.41) is 0. The van der Waals surface area contributed by atoms with Crippen molar-refractivity contribution in [2.45, 2.75) is 11.8 Å². The van der Waals surface area contributed by atoms with Gasteiger partial charge < -0.3 is 4.18 Å². The minimum Gasteiger partial charge on any atom is -0.387 e. The molecule has 1 rings (SSSR count). The van der Waals surface area contributed by atoms with Crippen molar-refractivity contribution >= 4 is 10.1 Å². The highest BCUT2D eigenvalue weighted by Gasteiger charge is 2.18. The Balaban J connectivity index is 3.26. The number of halogens is 1. The Hall–Kier alpha value is -1.36. The molecule has 0 aliphatic rings. The van der Waals surface area contributed by atoms with Crippen LogP contribution < -0.4 is 0 Å². The summed E-state index contributed by atoms with van der Waals surface area (Å²) in [4.78, 5) is -0.483. The van der Waals surface area contributed by atoms with Gasteiger partial charge in [-0.3, -0.25) is 0 Å². The van der Waals surface area contributed by atoms with E-state index in [1.165, 1.54) is 6.07 Å². The lowest BCUT2D eigenvalue weighted by Gasteiger charge is -2.04. The van der Waals surface area contributed by atoms with Gasteiger partial charge in [-0.15, -0.1) is 0 Å². The molecule has 0 unspecified atom stereocenters. The molecular weight excluding hydrogens is 207 g/mol. The van der Waals surface area contributed by atoms with E-state index in [2.05, 4.69) is 10.8 Å². The number of aryl methyl sites for hydroxylation is 1. The first-order chi connectivity index (χ1) is 6.47. The molecule has 5 heteroatoms. The van der Waals surface area contributed by atoms with Crippen molar-refractivity contribution in [1.29, 1.82) is 0 Å². The summed E-state index contributed by atoms with van der Waals surface area (Å²) in [6.45, 7) is 4.76. The zero-order chi connectivity index (χ0) is 10.8. The van der Waals surface area contributed by atoms with Crippen LogP contribution in [0.3, 0.4) is 0 Å². The van der Waals surface area contributed by atoms with E-state index < -0.39 is 20.8 Å². The standard InChI is InChI=1S/C9H9FO3S/c1-3-13-14(11,12)9-5-4-7(2)6-8(9)10/h3-6H,1H2,2H3. The van der Waals surface area contributed by atoms with Crippen LogP contribution in [0.25, 0.3) is 0 Å². The summed E-state index contributed by atoms with van der Waals surface area (Å²) in [5.74, 6) is -0.827. The highest BCUT2D eigenvalue weighted by atomic mass is 32.2. The van der Waals surface area contributed by atoms with Gasteiger partial charge in [-0.25, -0.2) is 4.39 Å². The first-order valence-corrected chi connectivity index (χ1v) is 5.18. The predicted molar refractivity (Wildman–Crippen MR) is 49.6 cm³/mol. The molecule has 0 aliphatic carbocycles. The fraction of sp³-hybridized carbons (Fsp3) is 0.111. The van der Waals surface area contributed by atoms with Gasteiger partial charge in [0.15, 0.2) is 0 Å². The van der Waals surface area contributed by atoms with E-state index in [1.54, 1.807) is 6.92 Å². The zero-order valence-electron chi connectivity index (χ0n) is 7.53. The van der Waals surface area contributed by atoms with E-state index in [9.17, 15) is 12.8 Å². The Morgan fingerprint density at radius 1 is 1.50 bits per heavy atom. The Bertz CT molecular complexity index is 451. The fourth-order valence-corrected chi connectivity index (χ4v) is 1.77. The Labute approximate surface area is 82.0 Å². The quantitative estimate of drug-likeness (QED) is 0.573. The topological polar surface area (TPSA) is 43.4 Å². The molecule has 0 N–H and O–H groups in total. The fourth-order valence-electron chi connectivity index (χ4n) is 0.950. The summed E-state index contributed by atoms with van der Waals surface area (Å²) in [5.41, 5.74) is 0.639. The van der Waals surface area contributed by atoms with Crippen LogP contribution >= 0.6 is 0 Å². The molecule has 0 amide bonds. The van der Waals surface area contributed by atoms with Gasteiger partial charge in [0.25, 0.3) is 0 Å². The van der Waals surface area contributed by atoms with Crippen LogP contribution in [-0.2, 0) is 14.3 Å². The van der Waals surface area contributed by atoms with Gasteiger partial charge in [0.05, 0.1) is 6.26 Å². The molecule has 0 radical (unpaired) electrons. The predicted octanol–water partition coefficient (Wildman–Crippen LogP) is 1.98. The van der Waals surface area contributed by atoms with Crippen molar-refractivity contribution in [2.75, 3.05) is 0 Å². The lowest BCUT2D eigenvalue weighted by atomic mass is 10.2. The zero-order valence-corrected chi connectivity index (χ0v) is 8.34. The highest BCUT2D eigenvalue weighted by molar-refractivity contribution is 7.86. The largest absolute Gasteiger partial charge is 0.387 e. The Morgan fingerprint density at radius 3 is 2.64 bits per heavy atom. The molecule has 0 saturated heterocycles. The van der Waals surface area contributed by atoms with Crippen molar-refractivity contribution in [3.8, 4) is 0 Å². The SMILES string of the molecule is C=COS(=O)(=O)c1ccc(C)cc1F. The minimum absolute atomic E-state index is 0.483. The van der Waals surface area contributed by atoms with Crippen LogP contribution in [0.5, 0.6) is 0 Å². The van der Waals surface area contributed by atoms with Crippen molar-refractivity contribution in [1.82, 2.24) is 0 Å². The molecule has 0 saturated carbocycles. The third-order valence-corrected chi connectivity index (χ3v) is 2.81. The van der Waals surface area contributed by atoms with Crippen LogP contribution in [0.15, 0.2) is 35.9 Å². The highest BCUT2D eigenvalue weighted by Crippen LogP contribution is 2.17. The first kappa shape index (κ1) is 10.7. The maximum Gasteiger partial charge on any atom is 0.341 e. The van der Waals surface area contributed by atoms with Gasteiger partial charge in [-0.05, 0) is 24.6 Å². The molecule has 0 heterocycles. The van der Waals surface area contributed by atoms with Gasteiger partial charge in [0.2, 0.25) is 0 Å². The molecule has 0 aliphatic heterocycles. The number of rotatable bonds is 3. The summed E-state index contributed by atoms with van der Waals surface area (Å²) in [6, 6.07) is 3.77. The van der Waals surface area contributed by atoms with E-state index in [0.29, 0.717) is 5.56 Å². The van der Waals surface area contributed by atoms with E-state index in [4.69, 9.17) is 0 Å². The van der Waals surface area contributed by atoms with Crippen LogP contribution in [0.1, 0.15) is 5.56 Å². The number of hydrogen-bond donors (Lipinski definition) is 0. The minimum atomic E-state index is -4.05. The van der Waals surface area contributed by atoms with Crippen molar-refractivity contribution in [3.63, 3.8) is 0 Å². The maximum absolute atomic E-state index is 13.2. The van der Waals surface area contributed by atoms with E-state index >= 15 is 0 Å². The third-order valence-electron chi connectivity index (χ3n) is 1.55. The second-order valence-electron chi connectivity index (χ2n) is 2.65. The molecule has 1 aromatic carbocycles. The van der Waals surface area contributed by atoms with Crippen molar-refractivity contribution < 1.29 is 17.0 Å². The maximum atomic E-state index is 13.2.